The fraction of sp³-hybridized carbons (Fsp3) is 0.375. The maximum Gasteiger partial charge on any atom is 0.250 e. The summed E-state index contributed by atoms with van der Waals surface area (Å²) in [6.45, 7) is 3.67. The zero-order valence-corrected chi connectivity index (χ0v) is 14.2. The summed E-state index contributed by atoms with van der Waals surface area (Å²) in [6.07, 6.45) is 1.66. The van der Waals surface area contributed by atoms with Crippen LogP contribution in [0.4, 0.5) is 5.69 Å². The molecule has 1 N–H and O–H groups in total. The zero-order chi connectivity index (χ0) is 15.6. The number of piperidine rings is 1. The molecular formula is C16H20N2O2S2. The van der Waals surface area contributed by atoms with E-state index in [4.69, 9.17) is 0 Å². The first-order chi connectivity index (χ1) is 10.5. The molecule has 2 heterocycles. The van der Waals surface area contributed by atoms with E-state index in [-0.39, 0.29) is 6.04 Å². The van der Waals surface area contributed by atoms with E-state index < -0.39 is 10.0 Å². The number of benzene rings is 1. The molecule has 3 rings (SSSR count). The molecule has 1 saturated heterocycles. The molecule has 6 heteroatoms. The maximum atomic E-state index is 12.4. The van der Waals surface area contributed by atoms with Crippen LogP contribution in [0.5, 0.6) is 0 Å². The summed E-state index contributed by atoms with van der Waals surface area (Å²) in [7, 11) is -3.37. The number of hydrogen-bond donors (Lipinski definition) is 1. The zero-order valence-electron chi connectivity index (χ0n) is 12.5. The van der Waals surface area contributed by atoms with Gasteiger partial charge in [-0.05, 0) is 44.0 Å². The second-order valence-corrected chi connectivity index (χ2v) is 8.81. The van der Waals surface area contributed by atoms with E-state index in [9.17, 15) is 8.42 Å². The fourth-order valence-electron chi connectivity index (χ4n) is 2.73. The molecule has 0 saturated carbocycles. The highest BCUT2D eigenvalue weighted by atomic mass is 32.2. The predicted octanol–water partition coefficient (Wildman–Crippen LogP) is 3.00. The molecule has 0 amide bonds. The smallest absolute Gasteiger partial charge is 0.250 e. The Morgan fingerprint density at radius 3 is 2.36 bits per heavy atom. The van der Waals surface area contributed by atoms with Crippen LogP contribution in [-0.2, 0) is 10.0 Å². The summed E-state index contributed by atoms with van der Waals surface area (Å²) in [5.74, 6) is 0. The van der Waals surface area contributed by atoms with Crippen LogP contribution in [0.1, 0.15) is 17.7 Å². The molecule has 1 aliphatic rings. The van der Waals surface area contributed by atoms with Crippen LogP contribution in [0.2, 0.25) is 0 Å². The molecule has 1 aromatic carbocycles. The van der Waals surface area contributed by atoms with Crippen LogP contribution >= 0.6 is 11.3 Å². The quantitative estimate of drug-likeness (QED) is 0.934. The van der Waals surface area contributed by atoms with Gasteiger partial charge in [-0.1, -0.05) is 18.2 Å². The lowest BCUT2D eigenvalue weighted by molar-refractivity contribution is 0.460. The highest BCUT2D eigenvalue weighted by Crippen LogP contribution is 2.23. The highest BCUT2D eigenvalue weighted by molar-refractivity contribution is 7.91. The van der Waals surface area contributed by atoms with E-state index in [1.165, 1.54) is 17.0 Å². The van der Waals surface area contributed by atoms with E-state index >= 15 is 0 Å². The predicted molar refractivity (Wildman–Crippen MR) is 91.1 cm³/mol. The van der Waals surface area contributed by atoms with Gasteiger partial charge in [-0.2, -0.15) is 0 Å². The van der Waals surface area contributed by atoms with Crippen molar-refractivity contribution in [3.05, 3.63) is 47.3 Å². The summed E-state index contributed by atoms with van der Waals surface area (Å²) in [5.41, 5.74) is 1.21. The number of nitrogens with one attached hydrogen (secondary N) is 1. The molecule has 2 aromatic rings. The lowest BCUT2D eigenvalue weighted by Crippen LogP contribution is -2.44. The van der Waals surface area contributed by atoms with Gasteiger partial charge in [-0.3, -0.25) is 0 Å². The molecular weight excluding hydrogens is 316 g/mol. The summed E-state index contributed by atoms with van der Waals surface area (Å²) in [4.78, 5) is 3.32. The van der Waals surface area contributed by atoms with Gasteiger partial charge in [-0.15, -0.1) is 11.3 Å². The molecule has 0 radical (unpaired) electrons. The minimum absolute atomic E-state index is 0.0207. The van der Waals surface area contributed by atoms with Gasteiger partial charge in [0, 0.05) is 29.7 Å². The number of aryl methyl sites for hydroxylation is 1. The Hall–Kier alpha value is -1.37. The van der Waals surface area contributed by atoms with Crippen molar-refractivity contribution in [2.75, 3.05) is 18.0 Å². The van der Waals surface area contributed by atoms with Crippen molar-refractivity contribution < 1.29 is 8.42 Å². The molecule has 0 unspecified atom stereocenters. The number of hydrogen-bond acceptors (Lipinski definition) is 4. The number of anilines is 1. The molecule has 0 bridgehead atoms. The minimum atomic E-state index is -3.37. The Morgan fingerprint density at radius 1 is 1.09 bits per heavy atom. The van der Waals surface area contributed by atoms with Crippen molar-refractivity contribution in [1.29, 1.82) is 0 Å². The van der Waals surface area contributed by atoms with E-state index in [1.54, 1.807) is 6.07 Å². The maximum absolute atomic E-state index is 12.4. The van der Waals surface area contributed by atoms with Crippen molar-refractivity contribution in [3.63, 3.8) is 0 Å². The average Bonchev–Trinajstić information content (AvgIpc) is 2.96. The van der Waals surface area contributed by atoms with Gasteiger partial charge in [0.2, 0.25) is 10.0 Å². The van der Waals surface area contributed by atoms with Crippen LogP contribution in [0.25, 0.3) is 0 Å². The number of thiophene rings is 1. The Labute approximate surface area is 135 Å². The third-order valence-electron chi connectivity index (χ3n) is 3.92. The molecule has 1 aliphatic heterocycles. The molecule has 4 nitrogen and oxygen atoms in total. The third kappa shape index (κ3) is 3.51. The lowest BCUT2D eigenvalue weighted by Gasteiger charge is -2.33. The molecule has 0 aliphatic carbocycles. The first-order valence-corrected chi connectivity index (χ1v) is 9.73. The third-order valence-corrected chi connectivity index (χ3v) is 6.93. The Kier molecular flexibility index (Phi) is 4.52. The molecule has 0 atom stereocenters. The second kappa shape index (κ2) is 6.40. The van der Waals surface area contributed by atoms with Crippen molar-refractivity contribution in [3.8, 4) is 0 Å². The number of rotatable bonds is 4. The van der Waals surface area contributed by atoms with E-state index in [1.807, 2.05) is 31.2 Å². The van der Waals surface area contributed by atoms with E-state index in [0.717, 1.165) is 30.8 Å². The van der Waals surface area contributed by atoms with E-state index in [0.29, 0.717) is 4.21 Å². The van der Waals surface area contributed by atoms with E-state index in [2.05, 4.69) is 21.8 Å². The van der Waals surface area contributed by atoms with Crippen molar-refractivity contribution >= 4 is 27.0 Å². The molecule has 0 spiro atoms. The Balaban J connectivity index is 1.60. The van der Waals surface area contributed by atoms with Crippen LogP contribution in [0.15, 0.2) is 46.7 Å². The van der Waals surface area contributed by atoms with Crippen LogP contribution in [0.3, 0.4) is 0 Å². The topological polar surface area (TPSA) is 49.4 Å². The van der Waals surface area contributed by atoms with Gasteiger partial charge < -0.3 is 4.90 Å². The van der Waals surface area contributed by atoms with Gasteiger partial charge in [0.1, 0.15) is 4.21 Å². The van der Waals surface area contributed by atoms with Crippen LogP contribution in [-0.4, -0.2) is 27.5 Å². The Morgan fingerprint density at radius 2 is 1.77 bits per heavy atom. The summed E-state index contributed by atoms with van der Waals surface area (Å²) in [5, 5.41) is 0. The largest absolute Gasteiger partial charge is 0.371 e. The number of para-hydroxylation sites is 1. The highest BCUT2D eigenvalue weighted by Gasteiger charge is 2.25. The average molecular weight is 336 g/mol. The summed E-state index contributed by atoms with van der Waals surface area (Å²) >= 11 is 1.32. The molecule has 22 heavy (non-hydrogen) atoms. The summed E-state index contributed by atoms with van der Waals surface area (Å²) in [6, 6.07) is 13.8. The monoisotopic (exact) mass is 336 g/mol. The van der Waals surface area contributed by atoms with Crippen LogP contribution < -0.4 is 9.62 Å². The van der Waals surface area contributed by atoms with Gasteiger partial charge in [0.25, 0.3) is 0 Å². The fourth-order valence-corrected chi connectivity index (χ4v) is 5.33. The number of nitrogens with zero attached hydrogens (tertiary/aromatic N) is 1. The van der Waals surface area contributed by atoms with Gasteiger partial charge >= 0.3 is 0 Å². The lowest BCUT2D eigenvalue weighted by atomic mass is 10.1. The second-order valence-electron chi connectivity index (χ2n) is 5.58. The SMILES string of the molecule is Cc1ccc(S(=O)(=O)NC2CCN(c3ccccc3)CC2)s1. The normalized spacial score (nSPS) is 16.9. The van der Waals surface area contributed by atoms with Crippen molar-refractivity contribution in [2.24, 2.45) is 0 Å². The first kappa shape index (κ1) is 15.5. The molecule has 1 fully saturated rings. The van der Waals surface area contributed by atoms with Crippen LogP contribution in [0, 0.1) is 6.92 Å². The first-order valence-electron chi connectivity index (χ1n) is 7.43. The minimum Gasteiger partial charge on any atom is -0.371 e. The van der Waals surface area contributed by atoms with Crippen molar-refractivity contribution in [1.82, 2.24) is 4.72 Å². The molecule has 1 aromatic heterocycles. The number of sulfonamides is 1. The van der Waals surface area contributed by atoms with Gasteiger partial charge in [0.05, 0.1) is 0 Å². The Bertz CT molecular complexity index is 718. The summed E-state index contributed by atoms with van der Waals surface area (Å²) < 4.78 is 28.0. The van der Waals surface area contributed by atoms with Gasteiger partial charge in [0.15, 0.2) is 0 Å². The standard InChI is InChI=1S/C16H20N2O2S2/c1-13-7-8-16(21-13)22(19,20)17-14-9-11-18(12-10-14)15-5-3-2-4-6-15/h2-8,14,17H,9-12H2,1H3. The van der Waals surface area contributed by atoms with Crippen molar-refractivity contribution in [2.45, 2.75) is 30.0 Å². The van der Waals surface area contributed by atoms with Gasteiger partial charge in [-0.25, -0.2) is 13.1 Å². The molecule has 118 valence electrons.